The van der Waals surface area contributed by atoms with Crippen LogP contribution in [0.5, 0.6) is 5.75 Å². The highest BCUT2D eigenvalue weighted by molar-refractivity contribution is 7.13. The second-order valence-corrected chi connectivity index (χ2v) is 6.59. The maximum atomic E-state index is 10.3. The number of aromatic nitrogens is 1. The maximum absolute atomic E-state index is 10.3. The van der Waals surface area contributed by atoms with Crippen LogP contribution in [0.4, 0.5) is 5.69 Å². The van der Waals surface area contributed by atoms with Crippen LogP contribution in [0.3, 0.4) is 0 Å². The first kappa shape index (κ1) is 14.6. The standard InChI is InChI=1S/C16H17N3O2S/c1-8-4-5-11(6-12(8)20)19-7-13(21)14(15(19)17)16-18-9(2)10(3)22-16/h4-6,17,20-21H,7H2,1-3H3. The fourth-order valence-corrected chi connectivity index (χ4v) is 3.35. The first-order valence-electron chi connectivity index (χ1n) is 6.91. The third-order valence-corrected chi connectivity index (χ3v) is 4.94. The minimum atomic E-state index is 0.138. The Bertz CT molecular complexity index is 788. The van der Waals surface area contributed by atoms with E-state index in [4.69, 9.17) is 5.41 Å². The van der Waals surface area contributed by atoms with Gasteiger partial charge in [0.15, 0.2) is 0 Å². The number of hydrogen-bond donors (Lipinski definition) is 3. The summed E-state index contributed by atoms with van der Waals surface area (Å²) < 4.78 is 0. The van der Waals surface area contributed by atoms with E-state index in [0.717, 1.165) is 16.1 Å². The van der Waals surface area contributed by atoms with Crippen LogP contribution in [0.2, 0.25) is 0 Å². The van der Waals surface area contributed by atoms with Gasteiger partial charge < -0.3 is 15.1 Å². The predicted octanol–water partition coefficient (Wildman–Crippen LogP) is 3.54. The van der Waals surface area contributed by atoms with Crippen molar-refractivity contribution in [2.75, 3.05) is 11.4 Å². The zero-order valence-corrected chi connectivity index (χ0v) is 13.5. The first-order chi connectivity index (χ1) is 10.4. The molecule has 114 valence electrons. The number of aromatic hydroxyl groups is 1. The average Bonchev–Trinajstić information content (AvgIpc) is 2.93. The van der Waals surface area contributed by atoms with Gasteiger partial charge in [0.25, 0.3) is 0 Å². The van der Waals surface area contributed by atoms with E-state index in [1.54, 1.807) is 17.0 Å². The number of aliphatic hydroxyl groups is 1. The van der Waals surface area contributed by atoms with Gasteiger partial charge in [-0.1, -0.05) is 6.07 Å². The van der Waals surface area contributed by atoms with Crippen LogP contribution < -0.4 is 4.90 Å². The van der Waals surface area contributed by atoms with Gasteiger partial charge in [0.2, 0.25) is 0 Å². The van der Waals surface area contributed by atoms with Crippen molar-refractivity contribution in [2.45, 2.75) is 20.8 Å². The van der Waals surface area contributed by atoms with Crippen LogP contribution in [0.15, 0.2) is 24.0 Å². The molecule has 0 bridgehead atoms. The minimum Gasteiger partial charge on any atom is -0.510 e. The molecule has 3 rings (SSSR count). The quantitative estimate of drug-likeness (QED) is 0.792. The van der Waals surface area contributed by atoms with Gasteiger partial charge in [-0.25, -0.2) is 4.98 Å². The van der Waals surface area contributed by atoms with Crippen LogP contribution >= 0.6 is 11.3 Å². The maximum Gasteiger partial charge on any atom is 0.139 e. The Morgan fingerprint density at radius 2 is 1.95 bits per heavy atom. The molecular formula is C16H17N3O2S. The molecule has 5 nitrogen and oxygen atoms in total. The number of amidine groups is 1. The second-order valence-electron chi connectivity index (χ2n) is 5.39. The molecule has 1 aromatic heterocycles. The molecule has 22 heavy (non-hydrogen) atoms. The fourth-order valence-electron chi connectivity index (χ4n) is 2.37. The zero-order valence-electron chi connectivity index (χ0n) is 12.6. The van der Waals surface area contributed by atoms with E-state index in [0.29, 0.717) is 16.3 Å². The van der Waals surface area contributed by atoms with Gasteiger partial charge >= 0.3 is 0 Å². The number of thiazole rings is 1. The topological polar surface area (TPSA) is 80.4 Å². The van der Waals surface area contributed by atoms with Gasteiger partial charge in [-0.3, -0.25) is 5.41 Å². The van der Waals surface area contributed by atoms with Crippen molar-refractivity contribution in [2.24, 2.45) is 0 Å². The van der Waals surface area contributed by atoms with Crippen molar-refractivity contribution in [3.8, 4) is 5.75 Å². The van der Waals surface area contributed by atoms with E-state index < -0.39 is 0 Å². The number of phenolic OH excluding ortho intramolecular Hbond substituents is 1. The Kier molecular flexibility index (Phi) is 3.41. The number of hydrogen-bond acceptors (Lipinski definition) is 5. The van der Waals surface area contributed by atoms with E-state index in [-0.39, 0.29) is 23.9 Å². The molecule has 3 N–H and O–H groups in total. The van der Waals surface area contributed by atoms with Gasteiger partial charge in [-0.2, -0.15) is 0 Å². The highest BCUT2D eigenvalue weighted by atomic mass is 32.1. The summed E-state index contributed by atoms with van der Waals surface area (Å²) in [5, 5.41) is 29.2. The monoisotopic (exact) mass is 315 g/mol. The fraction of sp³-hybridized carbons (Fsp3) is 0.250. The number of aliphatic hydroxyl groups excluding tert-OH is 1. The molecule has 1 aliphatic heterocycles. The van der Waals surface area contributed by atoms with Crippen LogP contribution in [0, 0.1) is 26.2 Å². The average molecular weight is 315 g/mol. The number of benzene rings is 1. The van der Waals surface area contributed by atoms with Crippen molar-refractivity contribution >= 4 is 28.4 Å². The summed E-state index contributed by atoms with van der Waals surface area (Å²) in [6.45, 7) is 5.93. The molecule has 0 spiro atoms. The lowest BCUT2D eigenvalue weighted by Crippen LogP contribution is -2.25. The lowest BCUT2D eigenvalue weighted by atomic mass is 10.2. The van der Waals surface area contributed by atoms with Gasteiger partial charge in [0.1, 0.15) is 22.4 Å². The molecule has 0 atom stereocenters. The van der Waals surface area contributed by atoms with Crippen molar-refractivity contribution in [3.05, 3.63) is 45.1 Å². The zero-order chi connectivity index (χ0) is 16.0. The first-order valence-corrected chi connectivity index (χ1v) is 7.72. The largest absolute Gasteiger partial charge is 0.510 e. The molecule has 0 radical (unpaired) electrons. The molecule has 0 saturated heterocycles. The predicted molar refractivity (Wildman–Crippen MR) is 89.1 cm³/mol. The summed E-state index contributed by atoms with van der Waals surface area (Å²) in [5.41, 5.74) is 2.85. The van der Waals surface area contributed by atoms with Crippen LogP contribution in [0.1, 0.15) is 21.1 Å². The van der Waals surface area contributed by atoms with E-state index >= 15 is 0 Å². The van der Waals surface area contributed by atoms with Gasteiger partial charge in [0.05, 0.1) is 17.8 Å². The number of nitrogens with one attached hydrogen (secondary N) is 1. The normalized spacial score (nSPS) is 15.0. The number of nitrogens with zero attached hydrogens (tertiary/aromatic N) is 2. The smallest absolute Gasteiger partial charge is 0.139 e. The highest BCUT2D eigenvalue weighted by Crippen LogP contribution is 2.35. The Morgan fingerprint density at radius 3 is 2.55 bits per heavy atom. The van der Waals surface area contributed by atoms with E-state index in [9.17, 15) is 10.2 Å². The Labute approximate surface area is 132 Å². The van der Waals surface area contributed by atoms with Crippen molar-refractivity contribution < 1.29 is 10.2 Å². The van der Waals surface area contributed by atoms with Gasteiger partial charge in [-0.15, -0.1) is 11.3 Å². The summed E-state index contributed by atoms with van der Waals surface area (Å²) in [6.07, 6.45) is 0. The molecule has 2 aromatic rings. The number of aryl methyl sites for hydroxylation is 3. The number of phenols is 1. The SMILES string of the molecule is Cc1ccc(N2CC(O)=C(c3nc(C)c(C)s3)C2=N)cc1O. The third kappa shape index (κ3) is 2.25. The summed E-state index contributed by atoms with van der Waals surface area (Å²) in [4.78, 5) is 7.18. The molecule has 2 heterocycles. The van der Waals surface area contributed by atoms with Crippen LogP contribution in [-0.4, -0.2) is 27.6 Å². The van der Waals surface area contributed by atoms with Gasteiger partial charge in [-0.05, 0) is 32.4 Å². The number of rotatable bonds is 2. The van der Waals surface area contributed by atoms with Crippen molar-refractivity contribution in [3.63, 3.8) is 0 Å². The Morgan fingerprint density at radius 1 is 1.23 bits per heavy atom. The van der Waals surface area contributed by atoms with Gasteiger partial charge in [0, 0.05) is 16.6 Å². The van der Waals surface area contributed by atoms with Crippen molar-refractivity contribution in [1.82, 2.24) is 4.98 Å². The molecule has 0 amide bonds. The molecule has 0 saturated carbocycles. The number of anilines is 1. The van der Waals surface area contributed by atoms with E-state index in [1.165, 1.54) is 11.3 Å². The third-order valence-electron chi connectivity index (χ3n) is 3.85. The second kappa shape index (κ2) is 5.14. The van der Waals surface area contributed by atoms with E-state index in [2.05, 4.69) is 4.98 Å². The molecule has 6 heteroatoms. The van der Waals surface area contributed by atoms with Crippen molar-refractivity contribution in [1.29, 1.82) is 5.41 Å². The lowest BCUT2D eigenvalue weighted by molar-refractivity contribution is 0.411. The Hall–Kier alpha value is -2.34. The van der Waals surface area contributed by atoms with Crippen LogP contribution in [-0.2, 0) is 0 Å². The molecule has 0 unspecified atom stereocenters. The summed E-state index contributed by atoms with van der Waals surface area (Å²) in [7, 11) is 0. The molecule has 0 fully saturated rings. The Balaban J connectivity index is 1.97. The highest BCUT2D eigenvalue weighted by Gasteiger charge is 2.31. The molecule has 0 aliphatic carbocycles. The van der Waals surface area contributed by atoms with E-state index in [1.807, 2.05) is 26.8 Å². The molecular weight excluding hydrogens is 298 g/mol. The molecule has 1 aromatic carbocycles. The van der Waals surface area contributed by atoms with Crippen LogP contribution in [0.25, 0.3) is 5.57 Å². The minimum absolute atomic E-state index is 0.138. The summed E-state index contributed by atoms with van der Waals surface area (Å²) >= 11 is 1.48. The molecule has 1 aliphatic rings. The summed E-state index contributed by atoms with van der Waals surface area (Å²) in [5.74, 6) is 0.521. The summed E-state index contributed by atoms with van der Waals surface area (Å²) in [6, 6.07) is 5.24. The lowest BCUT2D eigenvalue weighted by Gasteiger charge is -2.19.